The molecular weight excluding hydrogens is 162 g/mol. The van der Waals surface area contributed by atoms with Crippen molar-refractivity contribution in [3.05, 3.63) is 18.2 Å². The van der Waals surface area contributed by atoms with E-state index in [0.29, 0.717) is 5.92 Å². The van der Waals surface area contributed by atoms with Crippen molar-refractivity contribution >= 4 is 0 Å². The Bertz CT molecular complexity index is 273. The molecule has 1 fully saturated rings. The minimum Gasteiger partial charge on any atom is -0.334 e. The molecular formula is C10H17N3. The van der Waals surface area contributed by atoms with Crippen molar-refractivity contribution in [3.8, 4) is 0 Å². The molecule has 3 nitrogen and oxygen atoms in total. The monoisotopic (exact) mass is 179 g/mol. The molecule has 0 atom stereocenters. The molecule has 0 bridgehead atoms. The molecule has 72 valence electrons. The molecule has 3 heteroatoms. The molecule has 2 rings (SSSR count). The van der Waals surface area contributed by atoms with E-state index in [2.05, 4.69) is 34.9 Å². The third-order valence-electron chi connectivity index (χ3n) is 2.59. The second kappa shape index (κ2) is 3.50. The average Bonchev–Trinajstić information content (AvgIpc) is 2.44. The molecule has 1 N–H and O–H groups in total. The van der Waals surface area contributed by atoms with Gasteiger partial charge in [0.1, 0.15) is 5.82 Å². The first-order chi connectivity index (χ1) is 6.27. The Morgan fingerprint density at radius 3 is 2.92 bits per heavy atom. The van der Waals surface area contributed by atoms with E-state index < -0.39 is 0 Å². The summed E-state index contributed by atoms with van der Waals surface area (Å²) in [6.07, 6.45) is 4.00. The van der Waals surface area contributed by atoms with E-state index in [0.717, 1.165) is 25.6 Å². The first kappa shape index (κ1) is 8.75. The molecule has 1 saturated heterocycles. The van der Waals surface area contributed by atoms with Crippen LogP contribution in [0.3, 0.4) is 0 Å². The largest absolute Gasteiger partial charge is 0.334 e. The lowest BCUT2D eigenvalue weighted by molar-refractivity contribution is 0.302. The van der Waals surface area contributed by atoms with Crippen LogP contribution in [0, 0.1) is 5.92 Å². The number of nitrogens with zero attached hydrogens (tertiary/aromatic N) is 2. The van der Waals surface area contributed by atoms with E-state index in [-0.39, 0.29) is 0 Å². The molecule has 0 unspecified atom stereocenters. The summed E-state index contributed by atoms with van der Waals surface area (Å²) >= 11 is 0. The summed E-state index contributed by atoms with van der Waals surface area (Å²) in [7, 11) is 0. The first-order valence-corrected chi connectivity index (χ1v) is 4.99. The molecule has 1 aromatic heterocycles. The molecule has 0 amide bonds. The van der Waals surface area contributed by atoms with E-state index >= 15 is 0 Å². The van der Waals surface area contributed by atoms with Gasteiger partial charge >= 0.3 is 0 Å². The zero-order valence-corrected chi connectivity index (χ0v) is 8.33. The van der Waals surface area contributed by atoms with E-state index in [4.69, 9.17) is 0 Å². The van der Waals surface area contributed by atoms with Crippen LogP contribution in [0.15, 0.2) is 12.4 Å². The van der Waals surface area contributed by atoms with Gasteiger partial charge in [0, 0.05) is 43.9 Å². The standard InChI is InChI=1S/C10H17N3/c1-8(2)10-12-3-4-13(10)7-9-5-11-6-9/h3-4,8-9,11H,5-7H2,1-2H3. The predicted molar refractivity (Wildman–Crippen MR) is 52.7 cm³/mol. The lowest BCUT2D eigenvalue weighted by atomic mass is 10.0. The number of rotatable bonds is 3. The fourth-order valence-corrected chi connectivity index (χ4v) is 1.73. The fraction of sp³-hybridized carbons (Fsp3) is 0.700. The Morgan fingerprint density at radius 1 is 1.62 bits per heavy atom. The Hall–Kier alpha value is -0.830. The van der Waals surface area contributed by atoms with Gasteiger partial charge in [-0.15, -0.1) is 0 Å². The topological polar surface area (TPSA) is 29.9 Å². The van der Waals surface area contributed by atoms with Gasteiger partial charge in [-0.1, -0.05) is 13.8 Å². The Kier molecular flexibility index (Phi) is 2.36. The molecule has 13 heavy (non-hydrogen) atoms. The number of nitrogens with one attached hydrogen (secondary N) is 1. The third-order valence-corrected chi connectivity index (χ3v) is 2.59. The molecule has 0 spiro atoms. The second-order valence-corrected chi connectivity index (χ2v) is 4.12. The number of imidazole rings is 1. The van der Waals surface area contributed by atoms with Crippen LogP contribution in [0.2, 0.25) is 0 Å². The highest BCUT2D eigenvalue weighted by molar-refractivity contribution is 4.98. The van der Waals surface area contributed by atoms with Crippen LogP contribution >= 0.6 is 0 Å². The lowest BCUT2D eigenvalue weighted by Gasteiger charge is -2.28. The maximum Gasteiger partial charge on any atom is 0.111 e. The van der Waals surface area contributed by atoms with Crippen LogP contribution in [0.25, 0.3) is 0 Å². The van der Waals surface area contributed by atoms with Gasteiger partial charge < -0.3 is 9.88 Å². The van der Waals surface area contributed by atoms with E-state index in [9.17, 15) is 0 Å². The fourth-order valence-electron chi connectivity index (χ4n) is 1.73. The van der Waals surface area contributed by atoms with Crippen LogP contribution in [-0.2, 0) is 6.54 Å². The van der Waals surface area contributed by atoms with E-state index in [1.807, 2.05) is 6.20 Å². The molecule has 0 radical (unpaired) electrons. The summed E-state index contributed by atoms with van der Waals surface area (Å²) in [5, 5.41) is 3.29. The lowest BCUT2D eigenvalue weighted by Crippen LogP contribution is -2.44. The van der Waals surface area contributed by atoms with Crippen LogP contribution in [-0.4, -0.2) is 22.6 Å². The Labute approximate surface area is 79.2 Å². The molecule has 0 aromatic carbocycles. The van der Waals surface area contributed by atoms with Crippen molar-refractivity contribution in [1.82, 2.24) is 14.9 Å². The molecule has 1 aliphatic rings. The molecule has 0 saturated carbocycles. The van der Waals surface area contributed by atoms with Crippen LogP contribution < -0.4 is 5.32 Å². The highest BCUT2D eigenvalue weighted by Crippen LogP contribution is 2.15. The maximum atomic E-state index is 4.37. The summed E-state index contributed by atoms with van der Waals surface area (Å²) < 4.78 is 2.29. The van der Waals surface area contributed by atoms with Crippen molar-refractivity contribution in [1.29, 1.82) is 0 Å². The highest BCUT2D eigenvalue weighted by Gasteiger charge is 2.18. The maximum absolute atomic E-state index is 4.37. The van der Waals surface area contributed by atoms with Gasteiger partial charge in [0.05, 0.1) is 0 Å². The zero-order chi connectivity index (χ0) is 9.26. The normalized spacial score (nSPS) is 17.8. The van der Waals surface area contributed by atoms with Gasteiger partial charge in [-0.2, -0.15) is 0 Å². The zero-order valence-electron chi connectivity index (χ0n) is 8.33. The summed E-state index contributed by atoms with van der Waals surface area (Å²) in [6, 6.07) is 0. The van der Waals surface area contributed by atoms with Gasteiger partial charge in [0.2, 0.25) is 0 Å². The number of aromatic nitrogens is 2. The van der Waals surface area contributed by atoms with Gasteiger partial charge in [-0.25, -0.2) is 4.98 Å². The minimum atomic E-state index is 0.531. The van der Waals surface area contributed by atoms with Crippen molar-refractivity contribution in [2.75, 3.05) is 13.1 Å². The SMILES string of the molecule is CC(C)c1nccn1CC1CNC1. The molecule has 2 heterocycles. The molecule has 0 aliphatic carbocycles. The minimum absolute atomic E-state index is 0.531. The molecule has 1 aromatic rings. The Balaban J connectivity index is 2.05. The smallest absolute Gasteiger partial charge is 0.111 e. The molecule has 1 aliphatic heterocycles. The van der Waals surface area contributed by atoms with Crippen molar-refractivity contribution in [2.45, 2.75) is 26.3 Å². The van der Waals surface area contributed by atoms with Crippen LogP contribution in [0.5, 0.6) is 0 Å². The van der Waals surface area contributed by atoms with Crippen LogP contribution in [0.1, 0.15) is 25.6 Å². The average molecular weight is 179 g/mol. The van der Waals surface area contributed by atoms with Crippen molar-refractivity contribution in [3.63, 3.8) is 0 Å². The Morgan fingerprint density at radius 2 is 2.38 bits per heavy atom. The summed E-state index contributed by atoms with van der Waals surface area (Å²) in [5.74, 6) is 2.56. The summed E-state index contributed by atoms with van der Waals surface area (Å²) in [4.78, 5) is 4.37. The number of hydrogen-bond donors (Lipinski definition) is 1. The quantitative estimate of drug-likeness (QED) is 0.756. The van der Waals surface area contributed by atoms with Gasteiger partial charge in [0.15, 0.2) is 0 Å². The summed E-state index contributed by atoms with van der Waals surface area (Å²) in [5.41, 5.74) is 0. The second-order valence-electron chi connectivity index (χ2n) is 4.12. The van der Waals surface area contributed by atoms with Gasteiger partial charge in [-0.3, -0.25) is 0 Å². The van der Waals surface area contributed by atoms with E-state index in [1.54, 1.807) is 0 Å². The first-order valence-electron chi connectivity index (χ1n) is 4.99. The van der Waals surface area contributed by atoms with Crippen LogP contribution in [0.4, 0.5) is 0 Å². The number of hydrogen-bond acceptors (Lipinski definition) is 2. The van der Waals surface area contributed by atoms with Gasteiger partial charge in [0.25, 0.3) is 0 Å². The third kappa shape index (κ3) is 1.75. The van der Waals surface area contributed by atoms with E-state index in [1.165, 1.54) is 5.82 Å². The van der Waals surface area contributed by atoms with Crippen molar-refractivity contribution in [2.24, 2.45) is 5.92 Å². The summed E-state index contributed by atoms with van der Waals surface area (Å²) in [6.45, 7) is 7.83. The van der Waals surface area contributed by atoms with Gasteiger partial charge in [-0.05, 0) is 0 Å². The predicted octanol–water partition coefficient (Wildman–Crippen LogP) is 1.23. The van der Waals surface area contributed by atoms with Crippen molar-refractivity contribution < 1.29 is 0 Å². The highest BCUT2D eigenvalue weighted by atomic mass is 15.1.